The molecule has 78 valence electrons. The van der Waals surface area contributed by atoms with E-state index in [9.17, 15) is 4.79 Å². The number of nitrogens with zero attached hydrogens (tertiary/aromatic N) is 1. The average Bonchev–Trinajstić information content (AvgIpc) is 2.84. The van der Waals surface area contributed by atoms with Gasteiger partial charge in [0, 0.05) is 6.07 Å². The van der Waals surface area contributed by atoms with Gasteiger partial charge in [-0.1, -0.05) is 0 Å². The first kappa shape index (κ1) is 9.32. The number of carbonyl (C=O) groups is 1. The van der Waals surface area contributed by atoms with E-state index < -0.39 is 5.97 Å². The summed E-state index contributed by atoms with van der Waals surface area (Å²) in [5.74, 6) is 0.468. The molecule has 0 aromatic carbocycles. The molecule has 0 amide bonds. The van der Waals surface area contributed by atoms with Crippen molar-refractivity contribution in [2.24, 2.45) is 0 Å². The van der Waals surface area contributed by atoms with Gasteiger partial charge in [0.2, 0.25) is 5.76 Å². The van der Waals surface area contributed by atoms with Crippen LogP contribution in [0.2, 0.25) is 0 Å². The number of hydrogen-bond acceptors (Lipinski definition) is 5. The number of ether oxygens (including phenoxy) is 1. The predicted molar refractivity (Wildman–Crippen MR) is 52.0 cm³/mol. The number of anilines is 1. The van der Waals surface area contributed by atoms with E-state index in [1.807, 2.05) is 0 Å². The Hall–Kier alpha value is -2.24. The summed E-state index contributed by atoms with van der Waals surface area (Å²) in [6.07, 6.45) is 0. The lowest BCUT2D eigenvalue weighted by Gasteiger charge is -1.92. The summed E-state index contributed by atoms with van der Waals surface area (Å²) < 4.78 is 9.74. The van der Waals surface area contributed by atoms with Gasteiger partial charge in [0.1, 0.15) is 11.5 Å². The van der Waals surface area contributed by atoms with E-state index in [2.05, 4.69) is 14.9 Å². The third-order valence-corrected chi connectivity index (χ3v) is 1.86. The molecule has 2 aromatic heterocycles. The summed E-state index contributed by atoms with van der Waals surface area (Å²) in [4.78, 5) is 11.1. The number of carbonyl (C=O) groups excluding carboxylic acids is 1. The Morgan fingerprint density at radius 3 is 3.00 bits per heavy atom. The van der Waals surface area contributed by atoms with E-state index in [-0.39, 0.29) is 5.76 Å². The third kappa shape index (κ3) is 1.69. The van der Waals surface area contributed by atoms with Crippen LogP contribution in [0.15, 0.2) is 22.6 Å². The Morgan fingerprint density at radius 1 is 1.60 bits per heavy atom. The van der Waals surface area contributed by atoms with Crippen LogP contribution >= 0.6 is 0 Å². The number of hydrogen-bond donors (Lipinski definition) is 2. The maximum Gasteiger partial charge on any atom is 0.373 e. The molecule has 0 saturated carbocycles. The lowest BCUT2D eigenvalue weighted by atomic mass is 10.3. The molecule has 0 unspecified atom stereocenters. The van der Waals surface area contributed by atoms with Crippen LogP contribution in [0.4, 0.5) is 5.82 Å². The van der Waals surface area contributed by atoms with E-state index in [0.29, 0.717) is 17.3 Å². The Bertz CT molecular complexity index is 486. The first-order chi connectivity index (χ1) is 7.20. The molecule has 0 radical (unpaired) electrons. The van der Waals surface area contributed by atoms with Crippen LogP contribution in [0.1, 0.15) is 10.6 Å². The zero-order chi connectivity index (χ0) is 10.8. The van der Waals surface area contributed by atoms with Crippen LogP contribution < -0.4 is 5.73 Å². The highest BCUT2D eigenvalue weighted by atomic mass is 16.5. The second-order valence-electron chi connectivity index (χ2n) is 2.86. The van der Waals surface area contributed by atoms with Gasteiger partial charge in [-0.3, -0.25) is 5.10 Å². The van der Waals surface area contributed by atoms with E-state index in [0.717, 1.165) is 0 Å². The molecule has 0 saturated heterocycles. The number of H-pyrrole nitrogens is 1. The largest absolute Gasteiger partial charge is 0.463 e. The van der Waals surface area contributed by atoms with Gasteiger partial charge in [-0.2, -0.15) is 5.10 Å². The van der Waals surface area contributed by atoms with Crippen molar-refractivity contribution in [1.29, 1.82) is 0 Å². The minimum absolute atomic E-state index is 0.140. The van der Waals surface area contributed by atoms with Crippen LogP contribution in [0.3, 0.4) is 0 Å². The normalized spacial score (nSPS) is 10.2. The highest BCUT2D eigenvalue weighted by molar-refractivity contribution is 5.86. The first-order valence-electron chi connectivity index (χ1n) is 4.20. The second kappa shape index (κ2) is 3.49. The monoisotopic (exact) mass is 207 g/mol. The number of aromatic amines is 1. The Kier molecular flexibility index (Phi) is 2.17. The van der Waals surface area contributed by atoms with Gasteiger partial charge >= 0.3 is 5.97 Å². The third-order valence-electron chi connectivity index (χ3n) is 1.86. The van der Waals surface area contributed by atoms with E-state index >= 15 is 0 Å². The fourth-order valence-electron chi connectivity index (χ4n) is 1.16. The minimum Gasteiger partial charge on any atom is -0.463 e. The zero-order valence-electron chi connectivity index (χ0n) is 7.98. The van der Waals surface area contributed by atoms with Gasteiger partial charge in [0.25, 0.3) is 0 Å². The van der Waals surface area contributed by atoms with E-state index in [4.69, 9.17) is 10.2 Å². The molecule has 6 nitrogen and oxygen atoms in total. The molecule has 0 aliphatic carbocycles. The number of furan rings is 1. The molecule has 2 rings (SSSR count). The Balaban J connectivity index is 2.31. The van der Waals surface area contributed by atoms with Crippen LogP contribution in [-0.2, 0) is 4.74 Å². The average molecular weight is 207 g/mol. The molecule has 3 N–H and O–H groups in total. The summed E-state index contributed by atoms with van der Waals surface area (Å²) in [5.41, 5.74) is 6.05. The van der Waals surface area contributed by atoms with Crippen molar-refractivity contribution in [2.75, 3.05) is 12.8 Å². The minimum atomic E-state index is -0.520. The number of aromatic nitrogens is 2. The molecule has 2 heterocycles. The SMILES string of the molecule is COC(=O)c1ccc(-c2cc(N)n[nH]2)o1. The number of nitrogens with one attached hydrogen (secondary N) is 1. The Morgan fingerprint density at radius 2 is 2.40 bits per heavy atom. The maximum atomic E-state index is 11.1. The van der Waals surface area contributed by atoms with Crippen molar-refractivity contribution in [3.63, 3.8) is 0 Å². The molecular weight excluding hydrogens is 198 g/mol. The van der Waals surface area contributed by atoms with Gasteiger partial charge in [0.05, 0.1) is 7.11 Å². The number of nitrogens with two attached hydrogens (primary N) is 1. The summed E-state index contributed by atoms with van der Waals surface area (Å²) in [7, 11) is 1.29. The predicted octanol–water partition coefficient (Wildman–Crippen LogP) is 1.04. The molecule has 6 heteroatoms. The Labute approximate surface area is 85.0 Å². The van der Waals surface area contributed by atoms with Crippen molar-refractivity contribution in [3.05, 3.63) is 24.0 Å². The second-order valence-corrected chi connectivity index (χ2v) is 2.86. The van der Waals surface area contributed by atoms with Gasteiger partial charge in [-0.15, -0.1) is 0 Å². The molecular formula is C9H9N3O3. The molecule has 0 aliphatic heterocycles. The number of rotatable bonds is 2. The van der Waals surface area contributed by atoms with Crippen LogP contribution in [0.25, 0.3) is 11.5 Å². The number of nitrogen functional groups attached to an aromatic ring is 1. The summed E-state index contributed by atoms with van der Waals surface area (Å²) in [5, 5.41) is 6.41. The molecule has 0 bridgehead atoms. The summed E-state index contributed by atoms with van der Waals surface area (Å²) >= 11 is 0. The van der Waals surface area contributed by atoms with Crippen LogP contribution in [0, 0.1) is 0 Å². The summed E-state index contributed by atoms with van der Waals surface area (Å²) in [6, 6.07) is 4.78. The quantitative estimate of drug-likeness (QED) is 0.717. The van der Waals surface area contributed by atoms with Crippen LogP contribution in [-0.4, -0.2) is 23.3 Å². The zero-order valence-corrected chi connectivity index (χ0v) is 7.98. The molecule has 0 spiro atoms. The van der Waals surface area contributed by atoms with Gasteiger partial charge < -0.3 is 14.9 Å². The van der Waals surface area contributed by atoms with E-state index in [1.165, 1.54) is 13.2 Å². The lowest BCUT2D eigenvalue weighted by molar-refractivity contribution is 0.0566. The van der Waals surface area contributed by atoms with Crippen molar-refractivity contribution in [3.8, 4) is 11.5 Å². The lowest BCUT2D eigenvalue weighted by Crippen LogP contribution is -1.98. The fraction of sp³-hybridized carbons (Fsp3) is 0.111. The van der Waals surface area contributed by atoms with Crippen molar-refractivity contribution >= 4 is 11.8 Å². The van der Waals surface area contributed by atoms with Gasteiger partial charge in [-0.05, 0) is 12.1 Å². The fourth-order valence-corrected chi connectivity index (χ4v) is 1.16. The number of esters is 1. The highest BCUT2D eigenvalue weighted by Crippen LogP contribution is 2.21. The van der Waals surface area contributed by atoms with Crippen LogP contribution in [0.5, 0.6) is 0 Å². The molecule has 0 aliphatic rings. The van der Waals surface area contributed by atoms with Gasteiger partial charge in [-0.25, -0.2) is 4.79 Å². The standard InChI is InChI=1S/C9H9N3O3/c1-14-9(13)7-3-2-6(15-7)5-4-8(10)12-11-5/h2-4H,1H3,(H3,10,11,12). The maximum absolute atomic E-state index is 11.1. The molecule has 0 atom stereocenters. The number of methoxy groups -OCH3 is 1. The smallest absolute Gasteiger partial charge is 0.373 e. The van der Waals surface area contributed by atoms with Crippen molar-refractivity contribution in [1.82, 2.24) is 10.2 Å². The topological polar surface area (TPSA) is 94.1 Å². The molecule has 2 aromatic rings. The van der Waals surface area contributed by atoms with Crippen molar-refractivity contribution < 1.29 is 13.9 Å². The first-order valence-corrected chi connectivity index (χ1v) is 4.20. The van der Waals surface area contributed by atoms with Gasteiger partial charge in [0.15, 0.2) is 5.76 Å². The van der Waals surface area contributed by atoms with Crippen molar-refractivity contribution in [2.45, 2.75) is 0 Å². The molecule has 0 fully saturated rings. The molecule has 15 heavy (non-hydrogen) atoms. The van der Waals surface area contributed by atoms with E-state index in [1.54, 1.807) is 12.1 Å². The summed E-state index contributed by atoms with van der Waals surface area (Å²) in [6.45, 7) is 0. The highest BCUT2D eigenvalue weighted by Gasteiger charge is 2.13.